The van der Waals surface area contributed by atoms with E-state index in [9.17, 15) is 4.79 Å². The molecule has 4 rings (SSSR count). The summed E-state index contributed by atoms with van der Waals surface area (Å²) in [5.74, 6) is 1.01. The fourth-order valence-corrected chi connectivity index (χ4v) is 4.26. The van der Waals surface area contributed by atoms with Crippen molar-refractivity contribution in [1.29, 1.82) is 0 Å². The van der Waals surface area contributed by atoms with Crippen LogP contribution < -0.4 is 5.32 Å². The van der Waals surface area contributed by atoms with Crippen molar-refractivity contribution in [3.8, 4) is 5.82 Å². The lowest BCUT2D eigenvalue weighted by Gasteiger charge is -2.32. The number of pyridine rings is 1. The molecule has 6 heteroatoms. The molecule has 2 fully saturated rings. The molecule has 0 aromatic carbocycles. The average Bonchev–Trinajstić information content (AvgIpc) is 3.28. The number of hydrogen-bond donors (Lipinski definition) is 1. The Morgan fingerprint density at radius 3 is 2.73 bits per heavy atom. The van der Waals surface area contributed by atoms with Crippen molar-refractivity contribution in [1.82, 2.24) is 24.7 Å². The van der Waals surface area contributed by atoms with Gasteiger partial charge >= 0.3 is 0 Å². The molecule has 0 aliphatic carbocycles. The highest BCUT2D eigenvalue weighted by molar-refractivity contribution is 5.96. The van der Waals surface area contributed by atoms with Crippen LogP contribution in [0.25, 0.3) is 5.82 Å². The van der Waals surface area contributed by atoms with Crippen molar-refractivity contribution >= 4 is 5.91 Å². The molecule has 6 nitrogen and oxygen atoms in total. The van der Waals surface area contributed by atoms with Crippen LogP contribution >= 0.6 is 0 Å². The van der Waals surface area contributed by atoms with Gasteiger partial charge in [-0.3, -0.25) is 9.69 Å². The second kappa shape index (κ2) is 7.21. The minimum Gasteiger partial charge on any atom is -0.337 e. The van der Waals surface area contributed by atoms with Crippen LogP contribution in [0, 0.1) is 13.8 Å². The number of aromatic nitrogens is 2. The summed E-state index contributed by atoms with van der Waals surface area (Å²) in [4.78, 5) is 22.1. The molecular formula is C20H27N5O. The van der Waals surface area contributed by atoms with Gasteiger partial charge in [0.15, 0.2) is 0 Å². The number of aryl methyl sites for hydroxylation is 1. The molecule has 138 valence electrons. The Hall–Kier alpha value is -2.18. The maximum atomic E-state index is 13.2. The van der Waals surface area contributed by atoms with E-state index in [1.165, 1.54) is 0 Å². The summed E-state index contributed by atoms with van der Waals surface area (Å²) in [6.45, 7) is 10.0. The van der Waals surface area contributed by atoms with E-state index in [4.69, 9.17) is 0 Å². The van der Waals surface area contributed by atoms with Crippen molar-refractivity contribution in [2.45, 2.75) is 26.3 Å². The lowest BCUT2D eigenvalue weighted by molar-refractivity contribution is 0.0773. The molecule has 0 bridgehead atoms. The zero-order valence-electron chi connectivity index (χ0n) is 15.6. The second-order valence-corrected chi connectivity index (χ2v) is 7.29. The van der Waals surface area contributed by atoms with Gasteiger partial charge in [0.25, 0.3) is 5.91 Å². The van der Waals surface area contributed by atoms with Crippen molar-refractivity contribution in [3.05, 3.63) is 47.4 Å². The fraction of sp³-hybridized carbons (Fsp3) is 0.500. The maximum absolute atomic E-state index is 13.2. The lowest BCUT2D eigenvalue weighted by Crippen LogP contribution is -2.49. The molecule has 1 atom stereocenters. The zero-order valence-corrected chi connectivity index (χ0v) is 15.6. The smallest absolute Gasteiger partial charge is 0.255 e. The normalized spacial score (nSPS) is 21.3. The van der Waals surface area contributed by atoms with Gasteiger partial charge in [-0.15, -0.1) is 0 Å². The van der Waals surface area contributed by atoms with E-state index >= 15 is 0 Å². The Kier molecular flexibility index (Phi) is 4.78. The zero-order chi connectivity index (χ0) is 18.1. The molecule has 1 unspecified atom stereocenters. The quantitative estimate of drug-likeness (QED) is 0.911. The number of nitrogens with one attached hydrogen (secondary N) is 1. The minimum absolute atomic E-state index is 0.151. The predicted molar refractivity (Wildman–Crippen MR) is 102 cm³/mol. The van der Waals surface area contributed by atoms with E-state index in [-0.39, 0.29) is 5.91 Å². The van der Waals surface area contributed by atoms with E-state index in [1.54, 1.807) is 6.20 Å². The third kappa shape index (κ3) is 3.15. The highest BCUT2D eigenvalue weighted by Gasteiger charge is 2.32. The Morgan fingerprint density at radius 2 is 2.00 bits per heavy atom. The standard InChI is InChI=1S/C20H27N5O/c1-15-13-18(16(2)25(15)19-5-3-4-7-22-19)20(26)24-10-6-17(14-24)23-11-8-21-9-12-23/h3-5,7,13,17,21H,6,8-12,14H2,1-2H3. The summed E-state index contributed by atoms with van der Waals surface area (Å²) in [7, 11) is 0. The van der Waals surface area contributed by atoms with E-state index in [0.29, 0.717) is 6.04 Å². The Balaban J connectivity index is 1.52. The van der Waals surface area contributed by atoms with Crippen molar-refractivity contribution in [3.63, 3.8) is 0 Å². The molecule has 0 spiro atoms. The van der Waals surface area contributed by atoms with E-state index in [0.717, 1.165) is 68.5 Å². The van der Waals surface area contributed by atoms with Gasteiger partial charge < -0.3 is 14.8 Å². The van der Waals surface area contributed by atoms with Crippen LogP contribution in [0.4, 0.5) is 0 Å². The summed E-state index contributed by atoms with van der Waals surface area (Å²) in [6, 6.07) is 8.36. The van der Waals surface area contributed by atoms with Crippen molar-refractivity contribution in [2.24, 2.45) is 0 Å². The monoisotopic (exact) mass is 353 g/mol. The van der Waals surface area contributed by atoms with Gasteiger partial charge in [-0.2, -0.15) is 0 Å². The van der Waals surface area contributed by atoms with E-state index < -0.39 is 0 Å². The van der Waals surface area contributed by atoms with Crippen LogP contribution in [0.3, 0.4) is 0 Å². The average molecular weight is 353 g/mol. The number of carbonyl (C=O) groups excluding carboxylic acids is 1. The largest absolute Gasteiger partial charge is 0.337 e. The summed E-state index contributed by atoms with van der Waals surface area (Å²) >= 11 is 0. The Bertz CT molecular complexity index is 779. The summed E-state index contributed by atoms with van der Waals surface area (Å²) in [5, 5.41) is 3.40. The molecule has 2 aromatic rings. The first-order valence-electron chi connectivity index (χ1n) is 9.49. The van der Waals surface area contributed by atoms with Crippen LogP contribution in [0.2, 0.25) is 0 Å². The topological polar surface area (TPSA) is 53.4 Å². The molecule has 1 N–H and O–H groups in total. The van der Waals surface area contributed by atoms with Gasteiger partial charge in [0.05, 0.1) is 5.56 Å². The molecule has 2 saturated heterocycles. The highest BCUT2D eigenvalue weighted by atomic mass is 16.2. The first-order chi connectivity index (χ1) is 12.6. The summed E-state index contributed by atoms with van der Waals surface area (Å²) in [5.41, 5.74) is 2.81. The second-order valence-electron chi connectivity index (χ2n) is 7.29. The van der Waals surface area contributed by atoms with Crippen LogP contribution in [0.15, 0.2) is 30.5 Å². The number of likely N-dealkylation sites (tertiary alicyclic amines) is 1. The van der Waals surface area contributed by atoms with Crippen molar-refractivity contribution in [2.75, 3.05) is 39.3 Å². The van der Waals surface area contributed by atoms with Crippen molar-refractivity contribution < 1.29 is 4.79 Å². The molecular weight excluding hydrogens is 326 g/mol. The van der Waals surface area contributed by atoms with Gasteiger partial charge in [0.1, 0.15) is 5.82 Å². The molecule has 26 heavy (non-hydrogen) atoms. The first kappa shape index (κ1) is 17.2. The third-order valence-corrected chi connectivity index (χ3v) is 5.66. The first-order valence-corrected chi connectivity index (χ1v) is 9.49. The van der Waals surface area contributed by atoms with E-state index in [1.807, 2.05) is 43.0 Å². The summed E-state index contributed by atoms with van der Waals surface area (Å²) < 4.78 is 2.07. The number of hydrogen-bond acceptors (Lipinski definition) is 4. The third-order valence-electron chi connectivity index (χ3n) is 5.66. The maximum Gasteiger partial charge on any atom is 0.255 e. The van der Waals surface area contributed by atoms with Crippen LogP contribution in [0.1, 0.15) is 28.2 Å². The number of carbonyl (C=O) groups is 1. The fourth-order valence-electron chi connectivity index (χ4n) is 4.26. The number of rotatable bonds is 3. The molecule has 0 saturated carbocycles. The van der Waals surface area contributed by atoms with Crippen LogP contribution in [-0.2, 0) is 0 Å². The predicted octanol–water partition coefficient (Wildman–Crippen LogP) is 1.61. The molecule has 0 radical (unpaired) electrons. The summed E-state index contributed by atoms with van der Waals surface area (Å²) in [6.07, 6.45) is 2.86. The molecule has 2 aliphatic rings. The van der Waals surface area contributed by atoms with Gasteiger partial charge in [-0.25, -0.2) is 4.98 Å². The van der Waals surface area contributed by atoms with Gasteiger partial charge in [0.2, 0.25) is 0 Å². The SMILES string of the molecule is Cc1cc(C(=O)N2CCC(N3CCNCC3)C2)c(C)n1-c1ccccn1. The van der Waals surface area contributed by atoms with Crippen LogP contribution in [-0.4, -0.2) is 70.6 Å². The molecule has 2 aliphatic heterocycles. The van der Waals surface area contributed by atoms with Crippen LogP contribution in [0.5, 0.6) is 0 Å². The highest BCUT2D eigenvalue weighted by Crippen LogP contribution is 2.24. The van der Waals surface area contributed by atoms with Gasteiger partial charge in [-0.1, -0.05) is 6.07 Å². The lowest BCUT2D eigenvalue weighted by atomic mass is 10.2. The number of nitrogens with zero attached hydrogens (tertiary/aromatic N) is 4. The molecule has 1 amide bonds. The molecule has 4 heterocycles. The number of piperazine rings is 1. The number of amides is 1. The van der Waals surface area contributed by atoms with E-state index in [2.05, 4.69) is 19.8 Å². The van der Waals surface area contributed by atoms with Gasteiger partial charge in [-0.05, 0) is 38.5 Å². The Morgan fingerprint density at radius 1 is 1.19 bits per heavy atom. The Labute approximate surface area is 154 Å². The van der Waals surface area contributed by atoms with Gasteiger partial charge in [0, 0.05) is 62.9 Å². The minimum atomic E-state index is 0.151. The molecule has 2 aromatic heterocycles.